The van der Waals surface area contributed by atoms with Crippen LogP contribution in [0.4, 0.5) is 0 Å². The predicted octanol–water partition coefficient (Wildman–Crippen LogP) is 2.44. The normalized spacial score (nSPS) is 38.8. The van der Waals surface area contributed by atoms with Crippen LogP contribution in [-0.4, -0.2) is 34.2 Å². The molecular weight excluding hydrogens is 281 g/mol. The Morgan fingerprint density at radius 3 is 2.95 bits per heavy atom. The molecule has 8 heteroatoms. The van der Waals surface area contributed by atoms with E-state index in [1.165, 1.54) is 0 Å². The summed E-state index contributed by atoms with van der Waals surface area (Å²) in [5.41, 5.74) is 0. The summed E-state index contributed by atoms with van der Waals surface area (Å²) in [6.45, 7) is 0. The molecule has 3 N–H and O–H groups in total. The molecular formula is C12H19N3O4P-. The average Bonchev–Trinajstić information content (AvgIpc) is 2.55. The fraction of sp³-hybridized carbons (Fsp3) is 0.833. The molecule has 2 aliphatic carbocycles. The van der Waals surface area contributed by atoms with Gasteiger partial charge in [-0.15, -0.1) is 0 Å². The Morgan fingerprint density at radius 1 is 1.40 bits per heavy atom. The van der Waals surface area contributed by atoms with Crippen molar-refractivity contribution in [2.45, 2.75) is 31.8 Å². The Labute approximate surface area is 119 Å². The lowest BCUT2D eigenvalue weighted by Crippen LogP contribution is -2.38. The minimum absolute atomic E-state index is 0.0346. The molecule has 4 aliphatic rings. The smallest absolute Gasteiger partial charge is 0.462 e. The van der Waals surface area contributed by atoms with Gasteiger partial charge in [-0.1, -0.05) is 0 Å². The number of ether oxygens (including phenoxy) is 1. The fourth-order valence-corrected chi connectivity index (χ4v) is 5.12. The minimum atomic E-state index is -0.715. The first-order valence-corrected chi connectivity index (χ1v) is 8.05. The van der Waals surface area contributed by atoms with E-state index >= 15 is 0 Å². The van der Waals surface area contributed by atoms with Crippen LogP contribution in [0, 0.1) is 23.7 Å². The molecule has 6 unspecified atom stereocenters. The summed E-state index contributed by atoms with van der Waals surface area (Å²) in [6.07, 6.45) is 4.12. The van der Waals surface area contributed by atoms with E-state index in [0.717, 1.165) is 25.7 Å². The average molecular weight is 300 g/mol. The summed E-state index contributed by atoms with van der Waals surface area (Å²) >= 11 is 0. The standard InChI is InChI=1S/C12H19N3O4P/c13-15(14)12(17)19-20-5-10-7-1-6-2-8(4-7)18-11(16)9(10)3-6/h6-10,20H,1-5H2,(H3-,13,14,17)/q-1. The molecule has 4 rings (SSSR count). The molecule has 4 bridgehead atoms. The second-order valence-electron chi connectivity index (χ2n) is 5.97. The molecule has 0 spiro atoms. The number of fused-ring (bicyclic) bond motifs is 1. The molecule has 6 atom stereocenters. The number of nitrogens with one attached hydrogen (secondary N) is 2. The number of carbonyl (C=O) groups excluding carboxylic acids is 1. The van der Waals surface area contributed by atoms with Crippen molar-refractivity contribution in [1.29, 1.82) is 0 Å². The maximum atomic E-state index is 12.1. The summed E-state index contributed by atoms with van der Waals surface area (Å²) in [5, 5.41) is 9.18. The van der Waals surface area contributed by atoms with Gasteiger partial charge < -0.3 is 26.1 Å². The molecule has 0 amide bonds. The van der Waals surface area contributed by atoms with Crippen molar-refractivity contribution < 1.29 is 24.0 Å². The van der Waals surface area contributed by atoms with Crippen molar-refractivity contribution in [1.82, 2.24) is 0 Å². The number of rotatable bonds is 3. The van der Waals surface area contributed by atoms with Crippen LogP contribution in [0.1, 0.15) is 25.7 Å². The quantitative estimate of drug-likeness (QED) is 0.216. The van der Waals surface area contributed by atoms with Gasteiger partial charge in [0.25, 0.3) is 0 Å². The zero-order chi connectivity index (χ0) is 14.3. The lowest BCUT2D eigenvalue weighted by molar-refractivity contribution is -0.401. The first kappa shape index (κ1) is 13.7. The minimum Gasteiger partial charge on any atom is -0.462 e. The van der Waals surface area contributed by atoms with Crippen molar-refractivity contribution >= 4 is 20.9 Å². The monoisotopic (exact) mass is 300 g/mol. The maximum absolute atomic E-state index is 12.1. The van der Waals surface area contributed by atoms with Crippen LogP contribution in [0.3, 0.4) is 0 Å². The number of carbonyl (C=O) groups is 1. The van der Waals surface area contributed by atoms with Gasteiger partial charge in [-0.3, -0.25) is 9.59 Å². The molecule has 2 saturated heterocycles. The third kappa shape index (κ3) is 2.51. The summed E-state index contributed by atoms with van der Waals surface area (Å²) in [4.78, 5) is 12.1. The number of nitrogens with zero attached hydrogens (tertiary/aromatic N) is 1. The van der Waals surface area contributed by atoms with Crippen LogP contribution < -0.4 is 0 Å². The van der Waals surface area contributed by atoms with Gasteiger partial charge in [-0.05, 0) is 43.4 Å². The van der Waals surface area contributed by atoms with Gasteiger partial charge in [0.15, 0.2) is 0 Å². The number of hydrogen-bond donors (Lipinski definition) is 1. The highest BCUT2D eigenvalue weighted by molar-refractivity contribution is 7.32. The molecule has 0 aromatic carbocycles. The van der Waals surface area contributed by atoms with Crippen LogP contribution in [0.15, 0.2) is 0 Å². The fourth-order valence-electron chi connectivity index (χ4n) is 4.01. The van der Waals surface area contributed by atoms with Gasteiger partial charge >= 0.3 is 12.1 Å². The highest BCUT2D eigenvalue weighted by Crippen LogP contribution is 2.51. The van der Waals surface area contributed by atoms with Crippen molar-refractivity contribution in [3.63, 3.8) is 0 Å². The molecule has 20 heavy (non-hydrogen) atoms. The highest BCUT2D eigenvalue weighted by Gasteiger charge is 2.50. The van der Waals surface area contributed by atoms with Crippen LogP contribution in [0.5, 0.6) is 0 Å². The maximum Gasteiger partial charge on any atom is 0.539 e. The van der Waals surface area contributed by atoms with Gasteiger partial charge in [-0.2, -0.15) is 0 Å². The van der Waals surface area contributed by atoms with Gasteiger partial charge in [0, 0.05) is 6.16 Å². The molecule has 2 saturated carbocycles. The topological polar surface area (TPSA) is 106 Å². The third-order valence-corrected chi connectivity index (χ3v) is 5.73. The second-order valence-corrected chi connectivity index (χ2v) is 6.87. The molecule has 2 aliphatic heterocycles. The van der Waals surface area contributed by atoms with E-state index in [4.69, 9.17) is 20.9 Å². The molecule has 112 valence electrons. The molecule has 0 aromatic rings. The molecule has 4 fully saturated rings. The van der Waals surface area contributed by atoms with Crippen molar-refractivity contribution in [2.24, 2.45) is 23.7 Å². The van der Waals surface area contributed by atoms with Crippen LogP contribution >= 0.6 is 8.81 Å². The van der Waals surface area contributed by atoms with E-state index in [1.54, 1.807) is 0 Å². The number of aliphatic hydroxyl groups excluding tert-OH is 1. The van der Waals surface area contributed by atoms with Gasteiger partial charge in [0.1, 0.15) is 6.10 Å². The zero-order valence-electron chi connectivity index (χ0n) is 11.0. The number of hydrogen-bond acceptors (Lipinski definition) is 3. The zero-order valence-corrected chi connectivity index (χ0v) is 12.0. The third-order valence-electron chi connectivity index (χ3n) is 4.77. The first-order chi connectivity index (χ1) is 9.54. The van der Waals surface area contributed by atoms with Gasteiger partial charge in [-0.25, -0.2) is 0 Å². The Balaban J connectivity index is 1.64. The first-order valence-electron chi connectivity index (χ1n) is 6.93. The summed E-state index contributed by atoms with van der Waals surface area (Å²) in [7, 11) is -0.0378. The van der Waals surface area contributed by atoms with Gasteiger partial charge in [0.2, 0.25) is 0 Å². The van der Waals surface area contributed by atoms with E-state index in [-0.39, 0.29) is 37.5 Å². The lowest BCUT2D eigenvalue weighted by atomic mass is 9.63. The number of esters is 1. The lowest BCUT2D eigenvalue weighted by Gasteiger charge is -2.41. The molecule has 0 radical (unpaired) electrons. The SMILES string of the molecule is [NH-][N+]([NH-])=C(O)OPCC1C2CC3CC(C2)OC(=O)C1C3. The van der Waals surface area contributed by atoms with E-state index in [0.29, 0.717) is 18.0 Å². The highest BCUT2D eigenvalue weighted by atomic mass is 31.1. The summed E-state index contributed by atoms with van der Waals surface area (Å²) in [6, 6.07) is 0. The Morgan fingerprint density at radius 2 is 2.20 bits per heavy atom. The van der Waals surface area contributed by atoms with E-state index in [2.05, 4.69) is 0 Å². The van der Waals surface area contributed by atoms with E-state index in [9.17, 15) is 9.90 Å². The Hall–Kier alpha value is -1.23. The molecule has 7 nitrogen and oxygen atoms in total. The van der Waals surface area contributed by atoms with Crippen LogP contribution in [-0.2, 0) is 14.1 Å². The Kier molecular flexibility index (Phi) is 3.63. The largest absolute Gasteiger partial charge is 0.539 e. The van der Waals surface area contributed by atoms with Gasteiger partial charge in [0.05, 0.1) is 14.7 Å². The molecule has 0 aromatic heterocycles. The predicted molar refractivity (Wildman–Crippen MR) is 73.1 cm³/mol. The Bertz CT molecular complexity index is 440. The van der Waals surface area contributed by atoms with E-state index in [1.807, 2.05) is 0 Å². The van der Waals surface area contributed by atoms with Crippen molar-refractivity contribution in [3.8, 4) is 0 Å². The van der Waals surface area contributed by atoms with Crippen LogP contribution in [0.25, 0.3) is 11.7 Å². The summed E-state index contributed by atoms with van der Waals surface area (Å²) < 4.78 is 10.5. The van der Waals surface area contributed by atoms with E-state index < -0.39 is 6.08 Å². The summed E-state index contributed by atoms with van der Waals surface area (Å²) in [5.74, 6) is 15.0. The second kappa shape index (κ2) is 5.28. The van der Waals surface area contributed by atoms with Crippen molar-refractivity contribution in [2.75, 3.05) is 6.16 Å². The van der Waals surface area contributed by atoms with Crippen molar-refractivity contribution in [3.05, 3.63) is 11.7 Å². The van der Waals surface area contributed by atoms with Crippen LogP contribution in [0.2, 0.25) is 0 Å². The molecule has 2 heterocycles. The number of aliphatic hydroxyl groups is 1.